The lowest BCUT2D eigenvalue weighted by Crippen LogP contribution is -2.03. The molecule has 0 heterocycles. The van der Waals surface area contributed by atoms with Gasteiger partial charge in [-0.2, -0.15) is 0 Å². The molecule has 0 atom stereocenters. The summed E-state index contributed by atoms with van der Waals surface area (Å²) in [6.45, 7) is 3.34. The maximum atomic E-state index is 6.03. The van der Waals surface area contributed by atoms with Crippen molar-refractivity contribution < 1.29 is 9.47 Å². The number of rotatable bonds is 7. The van der Waals surface area contributed by atoms with Crippen LogP contribution in [0.25, 0.3) is 0 Å². The van der Waals surface area contributed by atoms with E-state index in [0.29, 0.717) is 28.9 Å². The largest absolute Gasteiger partial charge is 0.493 e. The first-order chi connectivity index (χ1) is 11.0. The van der Waals surface area contributed by atoms with Crippen molar-refractivity contribution in [1.29, 1.82) is 0 Å². The van der Waals surface area contributed by atoms with E-state index in [4.69, 9.17) is 32.7 Å². The number of methoxy groups -OCH3 is 1. The second-order valence-corrected chi connectivity index (χ2v) is 6.59. The highest BCUT2D eigenvalue weighted by atomic mass is 79.9. The number of hydrogen-bond donors (Lipinski definition) is 1. The Hall–Kier alpha value is -1.10. The summed E-state index contributed by atoms with van der Waals surface area (Å²) in [5.74, 6) is 1.45. The molecule has 0 fully saturated rings. The molecule has 0 bridgehead atoms. The summed E-state index contributed by atoms with van der Waals surface area (Å²) in [7, 11) is 1.64. The van der Waals surface area contributed by atoms with Crippen molar-refractivity contribution in [3.63, 3.8) is 0 Å². The molecule has 0 aliphatic heterocycles. The molecule has 0 aromatic heterocycles. The van der Waals surface area contributed by atoms with E-state index in [1.807, 2.05) is 18.2 Å². The molecule has 0 aliphatic carbocycles. The maximum Gasteiger partial charge on any atom is 0.162 e. The van der Waals surface area contributed by atoms with E-state index in [2.05, 4.69) is 28.2 Å². The minimum Gasteiger partial charge on any atom is -0.493 e. The first-order valence-corrected chi connectivity index (χ1v) is 8.78. The molecule has 0 saturated heterocycles. The first kappa shape index (κ1) is 18.2. The van der Waals surface area contributed by atoms with Crippen molar-refractivity contribution in [2.24, 2.45) is 0 Å². The molecular formula is C17H18BrCl2NO2. The van der Waals surface area contributed by atoms with Gasteiger partial charge in [0.2, 0.25) is 0 Å². The van der Waals surface area contributed by atoms with Crippen molar-refractivity contribution in [1.82, 2.24) is 0 Å². The van der Waals surface area contributed by atoms with Crippen LogP contribution in [0.4, 0.5) is 5.69 Å². The zero-order valence-corrected chi connectivity index (χ0v) is 16.1. The molecule has 23 heavy (non-hydrogen) atoms. The van der Waals surface area contributed by atoms with Crippen LogP contribution in [0.3, 0.4) is 0 Å². The van der Waals surface area contributed by atoms with Gasteiger partial charge in [-0.15, -0.1) is 0 Å². The molecular weight excluding hydrogens is 401 g/mol. The molecule has 3 nitrogen and oxygen atoms in total. The van der Waals surface area contributed by atoms with Gasteiger partial charge in [0, 0.05) is 16.7 Å². The van der Waals surface area contributed by atoms with Gasteiger partial charge < -0.3 is 14.8 Å². The summed E-state index contributed by atoms with van der Waals surface area (Å²) in [6.07, 6.45) is 0.946. The third-order valence-corrected chi connectivity index (χ3v) is 4.67. The highest BCUT2D eigenvalue weighted by Crippen LogP contribution is 2.34. The van der Waals surface area contributed by atoms with E-state index in [0.717, 1.165) is 27.9 Å². The molecule has 0 spiro atoms. The van der Waals surface area contributed by atoms with Crippen LogP contribution in [0.1, 0.15) is 18.9 Å². The quantitative estimate of drug-likeness (QED) is 0.583. The second-order valence-electron chi connectivity index (χ2n) is 4.93. The Kier molecular flexibility index (Phi) is 6.88. The molecule has 0 saturated carbocycles. The van der Waals surface area contributed by atoms with Crippen molar-refractivity contribution in [3.8, 4) is 11.5 Å². The summed E-state index contributed by atoms with van der Waals surface area (Å²) >= 11 is 15.5. The lowest BCUT2D eigenvalue weighted by atomic mass is 10.2. The Labute approximate surface area is 155 Å². The summed E-state index contributed by atoms with van der Waals surface area (Å²) in [6, 6.07) is 9.34. The predicted octanol–water partition coefficient (Wildman–Crippen LogP) is 6.17. The van der Waals surface area contributed by atoms with Gasteiger partial charge in [-0.1, -0.05) is 46.1 Å². The Balaban J connectivity index is 2.14. The fourth-order valence-electron chi connectivity index (χ4n) is 2.00. The standard InChI is InChI=1S/C17H18BrCl2NO2/c1-3-6-23-17-9-13(18)11(7-16(17)22-2)10-21-12-4-5-14(19)15(20)8-12/h4-5,7-9,21H,3,6,10H2,1-2H3. The molecule has 2 aromatic carbocycles. The Morgan fingerprint density at radius 1 is 1.09 bits per heavy atom. The van der Waals surface area contributed by atoms with Crippen molar-refractivity contribution in [3.05, 3.63) is 50.4 Å². The lowest BCUT2D eigenvalue weighted by Gasteiger charge is -2.14. The smallest absolute Gasteiger partial charge is 0.162 e. The van der Waals surface area contributed by atoms with Gasteiger partial charge >= 0.3 is 0 Å². The van der Waals surface area contributed by atoms with Crippen LogP contribution in [-0.2, 0) is 6.54 Å². The Morgan fingerprint density at radius 2 is 1.87 bits per heavy atom. The van der Waals surface area contributed by atoms with E-state index in [9.17, 15) is 0 Å². The normalized spacial score (nSPS) is 10.5. The molecule has 0 radical (unpaired) electrons. The van der Waals surface area contributed by atoms with Crippen LogP contribution in [0.15, 0.2) is 34.8 Å². The predicted molar refractivity (Wildman–Crippen MR) is 100 cm³/mol. The third-order valence-electron chi connectivity index (χ3n) is 3.20. The van der Waals surface area contributed by atoms with Crippen LogP contribution >= 0.6 is 39.1 Å². The highest BCUT2D eigenvalue weighted by Gasteiger charge is 2.10. The molecule has 2 aromatic rings. The van der Waals surface area contributed by atoms with Crippen molar-refractivity contribution in [2.75, 3.05) is 19.0 Å². The van der Waals surface area contributed by atoms with E-state index >= 15 is 0 Å². The van der Waals surface area contributed by atoms with Gasteiger partial charge in [-0.25, -0.2) is 0 Å². The SMILES string of the molecule is CCCOc1cc(Br)c(CNc2ccc(Cl)c(Cl)c2)cc1OC. The number of hydrogen-bond acceptors (Lipinski definition) is 3. The average molecular weight is 419 g/mol. The summed E-state index contributed by atoms with van der Waals surface area (Å²) in [5.41, 5.74) is 1.95. The fraction of sp³-hybridized carbons (Fsp3) is 0.294. The van der Waals surface area contributed by atoms with Crippen LogP contribution in [0, 0.1) is 0 Å². The van der Waals surface area contributed by atoms with E-state index in [1.54, 1.807) is 19.2 Å². The van der Waals surface area contributed by atoms with E-state index in [-0.39, 0.29) is 0 Å². The molecule has 0 amide bonds. The van der Waals surface area contributed by atoms with Crippen LogP contribution < -0.4 is 14.8 Å². The molecule has 1 N–H and O–H groups in total. The van der Waals surface area contributed by atoms with Crippen LogP contribution in [0.2, 0.25) is 10.0 Å². The summed E-state index contributed by atoms with van der Waals surface area (Å²) in [4.78, 5) is 0. The monoisotopic (exact) mass is 417 g/mol. The molecule has 124 valence electrons. The number of anilines is 1. The third kappa shape index (κ3) is 4.93. The van der Waals surface area contributed by atoms with Gasteiger partial charge in [0.1, 0.15) is 0 Å². The topological polar surface area (TPSA) is 30.5 Å². The second kappa shape index (κ2) is 8.67. The minimum atomic E-state index is 0.525. The van der Waals surface area contributed by atoms with E-state index < -0.39 is 0 Å². The fourth-order valence-corrected chi connectivity index (χ4v) is 2.76. The number of nitrogens with one attached hydrogen (secondary N) is 1. The first-order valence-electron chi connectivity index (χ1n) is 7.23. The summed E-state index contributed by atoms with van der Waals surface area (Å²) < 4.78 is 12.1. The lowest BCUT2D eigenvalue weighted by molar-refractivity contribution is 0.294. The number of ether oxygens (including phenoxy) is 2. The van der Waals surface area contributed by atoms with Crippen LogP contribution in [0.5, 0.6) is 11.5 Å². The van der Waals surface area contributed by atoms with Gasteiger partial charge in [0.25, 0.3) is 0 Å². The molecule has 0 unspecified atom stereocenters. The maximum absolute atomic E-state index is 6.03. The van der Waals surface area contributed by atoms with Gasteiger partial charge in [0.05, 0.1) is 23.8 Å². The summed E-state index contributed by atoms with van der Waals surface area (Å²) in [5, 5.41) is 4.38. The Bertz CT molecular complexity index is 680. The molecule has 6 heteroatoms. The molecule has 2 rings (SSSR count). The zero-order chi connectivity index (χ0) is 16.8. The van der Waals surface area contributed by atoms with Crippen molar-refractivity contribution in [2.45, 2.75) is 19.9 Å². The highest BCUT2D eigenvalue weighted by molar-refractivity contribution is 9.10. The van der Waals surface area contributed by atoms with Crippen molar-refractivity contribution >= 4 is 44.8 Å². The van der Waals surface area contributed by atoms with Gasteiger partial charge in [0.15, 0.2) is 11.5 Å². The van der Waals surface area contributed by atoms with E-state index in [1.165, 1.54) is 0 Å². The average Bonchev–Trinajstić information content (AvgIpc) is 2.55. The van der Waals surface area contributed by atoms with Crippen LogP contribution in [-0.4, -0.2) is 13.7 Å². The Morgan fingerprint density at radius 3 is 2.52 bits per heavy atom. The molecule has 0 aliphatic rings. The number of halogens is 3. The van der Waals surface area contributed by atoms with Gasteiger partial charge in [-0.05, 0) is 42.3 Å². The number of benzene rings is 2. The minimum absolute atomic E-state index is 0.525. The zero-order valence-electron chi connectivity index (χ0n) is 13.0. The van der Waals surface area contributed by atoms with Gasteiger partial charge in [-0.3, -0.25) is 0 Å².